The molecule has 2 aliphatic carbocycles. The molecular weight excluding hydrogens is 212 g/mol. The van der Waals surface area contributed by atoms with Crippen LogP contribution in [0.2, 0.25) is 0 Å². The van der Waals surface area contributed by atoms with Crippen molar-refractivity contribution < 1.29 is 10.2 Å². The van der Waals surface area contributed by atoms with Crippen LogP contribution < -0.4 is 0 Å². The van der Waals surface area contributed by atoms with Gasteiger partial charge in [-0.05, 0) is 50.9 Å². The molecule has 0 unspecified atom stereocenters. The Kier molecular flexibility index (Phi) is 3.16. The van der Waals surface area contributed by atoms with Crippen LogP contribution in [0.15, 0.2) is 12.2 Å². The Morgan fingerprint density at radius 1 is 1.29 bits per heavy atom. The Morgan fingerprint density at radius 3 is 2.53 bits per heavy atom. The van der Waals surface area contributed by atoms with Crippen molar-refractivity contribution in [3.63, 3.8) is 0 Å². The van der Waals surface area contributed by atoms with Crippen molar-refractivity contribution in [3.8, 4) is 0 Å². The number of hydrogen-bond acceptors (Lipinski definition) is 2. The lowest BCUT2D eigenvalue weighted by molar-refractivity contribution is -0.221. The van der Waals surface area contributed by atoms with E-state index < -0.39 is 11.7 Å². The molecule has 2 fully saturated rings. The van der Waals surface area contributed by atoms with E-state index in [2.05, 4.69) is 27.4 Å². The first kappa shape index (κ1) is 13.1. The van der Waals surface area contributed by atoms with Gasteiger partial charge >= 0.3 is 0 Å². The summed E-state index contributed by atoms with van der Waals surface area (Å²) in [6, 6.07) is 0. The Hall–Kier alpha value is -0.340. The average Bonchev–Trinajstić information content (AvgIpc) is 2.27. The molecule has 2 aliphatic rings. The number of aliphatic hydroxyl groups is 2. The highest BCUT2D eigenvalue weighted by molar-refractivity contribution is 5.13. The second kappa shape index (κ2) is 4.10. The minimum Gasteiger partial charge on any atom is -0.390 e. The third-order valence-corrected chi connectivity index (χ3v) is 5.74. The van der Waals surface area contributed by atoms with Gasteiger partial charge in [0.1, 0.15) is 0 Å². The number of fused-ring (bicyclic) bond motifs is 1. The van der Waals surface area contributed by atoms with E-state index in [1.807, 2.05) is 0 Å². The number of rotatable bonds is 1. The second-order valence-corrected chi connectivity index (χ2v) is 6.62. The van der Waals surface area contributed by atoms with Gasteiger partial charge in [-0.3, -0.25) is 0 Å². The third-order valence-electron chi connectivity index (χ3n) is 5.74. The largest absolute Gasteiger partial charge is 0.390 e. The Balaban J connectivity index is 2.32. The summed E-state index contributed by atoms with van der Waals surface area (Å²) in [6.45, 7) is 10.5. The van der Waals surface area contributed by atoms with Crippen LogP contribution in [-0.2, 0) is 0 Å². The number of hydrogen-bond donors (Lipinski definition) is 2. The number of allylic oxidation sites excluding steroid dienone is 1. The molecule has 2 nitrogen and oxygen atoms in total. The summed E-state index contributed by atoms with van der Waals surface area (Å²) in [5.74, 6) is 0.978. The van der Waals surface area contributed by atoms with Gasteiger partial charge in [-0.15, -0.1) is 0 Å². The van der Waals surface area contributed by atoms with E-state index in [-0.39, 0.29) is 5.41 Å². The van der Waals surface area contributed by atoms with Crippen molar-refractivity contribution >= 4 is 0 Å². The summed E-state index contributed by atoms with van der Waals surface area (Å²) >= 11 is 0. The van der Waals surface area contributed by atoms with Crippen LogP contribution in [0.1, 0.15) is 52.9 Å². The van der Waals surface area contributed by atoms with Gasteiger partial charge in [0.2, 0.25) is 0 Å². The Labute approximate surface area is 105 Å². The van der Waals surface area contributed by atoms with Gasteiger partial charge < -0.3 is 10.2 Å². The summed E-state index contributed by atoms with van der Waals surface area (Å²) in [5, 5.41) is 21.1. The first-order valence-corrected chi connectivity index (χ1v) is 6.87. The molecule has 2 N–H and O–H groups in total. The Bertz CT molecular complexity index is 325. The van der Waals surface area contributed by atoms with E-state index in [1.54, 1.807) is 0 Å². The molecule has 0 heterocycles. The van der Waals surface area contributed by atoms with E-state index in [4.69, 9.17) is 0 Å². The molecule has 2 rings (SSSR count). The third kappa shape index (κ3) is 1.77. The lowest BCUT2D eigenvalue weighted by Crippen LogP contribution is -2.63. The van der Waals surface area contributed by atoms with Gasteiger partial charge in [0, 0.05) is 5.41 Å². The highest BCUT2D eigenvalue weighted by Gasteiger charge is 2.59. The van der Waals surface area contributed by atoms with Crippen molar-refractivity contribution in [2.75, 3.05) is 0 Å². The van der Waals surface area contributed by atoms with Gasteiger partial charge in [-0.1, -0.05) is 26.0 Å². The van der Waals surface area contributed by atoms with Gasteiger partial charge in [-0.2, -0.15) is 0 Å². The van der Waals surface area contributed by atoms with E-state index in [0.717, 1.165) is 25.7 Å². The van der Waals surface area contributed by atoms with Gasteiger partial charge in [0.15, 0.2) is 0 Å². The summed E-state index contributed by atoms with van der Waals surface area (Å²) in [5.41, 5.74) is 0.184. The average molecular weight is 238 g/mol. The summed E-state index contributed by atoms with van der Waals surface area (Å²) in [4.78, 5) is 0. The minimum absolute atomic E-state index is 0.160. The van der Waals surface area contributed by atoms with Crippen molar-refractivity contribution in [2.45, 2.75) is 64.6 Å². The molecule has 0 aliphatic heterocycles. The molecule has 0 radical (unpaired) electrons. The summed E-state index contributed by atoms with van der Waals surface area (Å²) in [6.07, 6.45) is 3.86. The normalized spacial score (nSPS) is 50.8. The van der Waals surface area contributed by atoms with Crippen LogP contribution >= 0.6 is 0 Å². The van der Waals surface area contributed by atoms with Gasteiger partial charge in [-0.25, -0.2) is 0 Å². The van der Waals surface area contributed by atoms with E-state index in [0.29, 0.717) is 18.3 Å². The van der Waals surface area contributed by atoms with Gasteiger partial charge in [0.25, 0.3) is 0 Å². The maximum Gasteiger partial charge on any atom is 0.0961 e. The molecule has 2 saturated carbocycles. The van der Waals surface area contributed by atoms with Crippen LogP contribution in [0, 0.1) is 17.3 Å². The monoisotopic (exact) mass is 238 g/mol. The molecule has 5 atom stereocenters. The fourth-order valence-corrected chi connectivity index (χ4v) is 4.03. The fourth-order valence-electron chi connectivity index (χ4n) is 4.03. The van der Waals surface area contributed by atoms with Gasteiger partial charge in [0.05, 0.1) is 11.7 Å². The molecule has 0 amide bonds. The zero-order valence-electron chi connectivity index (χ0n) is 11.4. The lowest BCUT2D eigenvalue weighted by atomic mass is 9.50. The van der Waals surface area contributed by atoms with Crippen LogP contribution in [0.3, 0.4) is 0 Å². The van der Waals surface area contributed by atoms with Crippen LogP contribution in [0.25, 0.3) is 0 Å². The first-order chi connectivity index (χ1) is 7.81. The molecule has 17 heavy (non-hydrogen) atoms. The van der Waals surface area contributed by atoms with Crippen molar-refractivity contribution in [3.05, 3.63) is 12.2 Å². The molecule has 0 aromatic carbocycles. The molecule has 98 valence electrons. The summed E-state index contributed by atoms with van der Waals surface area (Å²) < 4.78 is 0. The zero-order chi connectivity index (χ0) is 12.8. The minimum atomic E-state index is -0.878. The van der Waals surface area contributed by atoms with E-state index >= 15 is 0 Å². The Morgan fingerprint density at radius 2 is 1.94 bits per heavy atom. The molecule has 0 aromatic heterocycles. The maximum absolute atomic E-state index is 10.9. The predicted molar refractivity (Wildman–Crippen MR) is 69.6 cm³/mol. The zero-order valence-corrected chi connectivity index (χ0v) is 11.4. The molecule has 0 saturated heterocycles. The molecule has 0 spiro atoms. The van der Waals surface area contributed by atoms with Crippen LogP contribution in [0.5, 0.6) is 0 Å². The quantitative estimate of drug-likeness (QED) is 0.690. The smallest absolute Gasteiger partial charge is 0.0961 e. The molecule has 0 bridgehead atoms. The van der Waals surface area contributed by atoms with E-state index in [9.17, 15) is 10.2 Å². The molecular formula is C15H26O2. The first-order valence-electron chi connectivity index (χ1n) is 6.87. The lowest BCUT2D eigenvalue weighted by Gasteiger charge is -2.59. The predicted octanol–water partition coefficient (Wildman–Crippen LogP) is 2.89. The second-order valence-electron chi connectivity index (χ2n) is 6.62. The van der Waals surface area contributed by atoms with Crippen molar-refractivity contribution in [1.29, 1.82) is 0 Å². The maximum atomic E-state index is 10.9. The van der Waals surface area contributed by atoms with Crippen LogP contribution in [-0.4, -0.2) is 21.9 Å². The van der Waals surface area contributed by atoms with Crippen molar-refractivity contribution in [2.24, 2.45) is 17.3 Å². The standard InChI is InChI=1S/C15H26O2/c1-10(2)12-7-8-15(17)13(16)6-5-11(3)14(15,4)9-12/h11-13,16-17H,1,5-9H2,2-4H3/t11-,12-,13+,14+,15-/m1/s1. The highest BCUT2D eigenvalue weighted by Crippen LogP contribution is 2.57. The number of aliphatic hydroxyl groups excluding tert-OH is 1. The topological polar surface area (TPSA) is 40.5 Å². The molecule has 0 aromatic rings. The SMILES string of the molecule is C=C(C)[C@@H]1CC[C@@]2(O)[C@@H](O)CC[C@@H](C)[C@]2(C)C1. The van der Waals surface area contributed by atoms with E-state index in [1.165, 1.54) is 5.57 Å². The summed E-state index contributed by atoms with van der Waals surface area (Å²) in [7, 11) is 0. The van der Waals surface area contributed by atoms with Crippen LogP contribution in [0.4, 0.5) is 0 Å². The van der Waals surface area contributed by atoms with Crippen molar-refractivity contribution in [1.82, 2.24) is 0 Å². The fraction of sp³-hybridized carbons (Fsp3) is 0.867. The molecule has 2 heteroatoms. The highest BCUT2D eigenvalue weighted by atomic mass is 16.3.